The van der Waals surface area contributed by atoms with E-state index in [0.29, 0.717) is 40.9 Å². The number of pyridine rings is 1. The molecule has 6 rings (SSSR count). The van der Waals surface area contributed by atoms with Crippen LogP contribution in [0.2, 0.25) is 0 Å². The zero-order chi connectivity index (χ0) is 27.8. The summed E-state index contributed by atoms with van der Waals surface area (Å²) in [6.07, 6.45) is 3.18. The number of likely N-dealkylation sites (tertiary alicyclic amines) is 1. The van der Waals surface area contributed by atoms with Crippen molar-refractivity contribution in [2.75, 3.05) is 43.5 Å². The highest BCUT2D eigenvalue weighted by molar-refractivity contribution is 6.07. The zero-order valence-electron chi connectivity index (χ0n) is 23.1. The van der Waals surface area contributed by atoms with Gasteiger partial charge in [-0.15, -0.1) is 0 Å². The average molecular weight is 541 g/mol. The minimum Gasteiger partial charge on any atom is -0.497 e. The van der Waals surface area contributed by atoms with Crippen molar-refractivity contribution < 1.29 is 14.3 Å². The third-order valence-electron chi connectivity index (χ3n) is 8.61. The van der Waals surface area contributed by atoms with Crippen LogP contribution in [0, 0.1) is 11.8 Å². The van der Waals surface area contributed by atoms with Crippen molar-refractivity contribution in [3.05, 3.63) is 87.8 Å². The standard InChI is InChI=1S/C32H36N4O4/c1-21-5-4-14-34(17-21)32(39)24-10-13-29(27(16-24)33-31(38)23-8-11-26(40-2)12-9-23)35-18-22-15-25(20-35)28-6-3-7-30(37)36(28)19-22/h3,6-13,16,21-22,25H,4-5,14-15,17-20H2,1-2H3,(H,33,38)/t21-,22+,25-/m0/s1. The Kier molecular flexibility index (Phi) is 7.09. The van der Waals surface area contributed by atoms with Crippen molar-refractivity contribution in [1.29, 1.82) is 0 Å². The summed E-state index contributed by atoms with van der Waals surface area (Å²) in [4.78, 5) is 43.6. The molecule has 0 spiro atoms. The third kappa shape index (κ3) is 5.10. The first-order valence-corrected chi connectivity index (χ1v) is 14.2. The number of methoxy groups -OCH3 is 1. The van der Waals surface area contributed by atoms with E-state index in [-0.39, 0.29) is 23.3 Å². The molecule has 4 heterocycles. The number of nitrogens with zero attached hydrogens (tertiary/aromatic N) is 3. The smallest absolute Gasteiger partial charge is 0.255 e. The molecule has 0 radical (unpaired) electrons. The van der Waals surface area contributed by atoms with E-state index < -0.39 is 0 Å². The molecule has 3 aliphatic rings. The van der Waals surface area contributed by atoms with Crippen LogP contribution in [0.15, 0.2) is 65.5 Å². The van der Waals surface area contributed by atoms with Crippen molar-refractivity contribution in [2.45, 2.75) is 38.6 Å². The highest BCUT2D eigenvalue weighted by Crippen LogP contribution is 2.39. The van der Waals surface area contributed by atoms with E-state index in [2.05, 4.69) is 23.2 Å². The second kappa shape index (κ2) is 10.8. The molecule has 40 heavy (non-hydrogen) atoms. The molecule has 1 N–H and O–H groups in total. The number of rotatable bonds is 5. The normalized spacial score (nSPS) is 21.9. The predicted molar refractivity (Wildman–Crippen MR) is 155 cm³/mol. The van der Waals surface area contributed by atoms with E-state index in [1.54, 1.807) is 37.4 Å². The lowest BCUT2D eigenvalue weighted by molar-refractivity contribution is 0.0683. The minimum atomic E-state index is -0.241. The predicted octanol–water partition coefficient (Wildman–Crippen LogP) is 4.61. The maximum absolute atomic E-state index is 13.5. The highest BCUT2D eigenvalue weighted by Gasteiger charge is 2.35. The molecule has 0 aliphatic carbocycles. The Morgan fingerprint density at radius 1 is 0.950 bits per heavy atom. The third-order valence-corrected chi connectivity index (χ3v) is 8.61. The molecule has 2 aromatic carbocycles. The zero-order valence-corrected chi connectivity index (χ0v) is 23.1. The molecular formula is C32H36N4O4. The Morgan fingerprint density at radius 2 is 1.75 bits per heavy atom. The van der Waals surface area contributed by atoms with Crippen molar-refractivity contribution in [3.8, 4) is 5.75 Å². The topological polar surface area (TPSA) is 83.9 Å². The van der Waals surface area contributed by atoms with Crippen LogP contribution >= 0.6 is 0 Å². The van der Waals surface area contributed by atoms with Crippen molar-refractivity contribution in [3.63, 3.8) is 0 Å². The monoisotopic (exact) mass is 540 g/mol. The Balaban J connectivity index is 1.32. The molecule has 8 heteroatoms. The summed E-state index contributed by atoms with van der Waals surface area (Å²) in [5.41, 5.74) is 3.74. The molecule has 0 unspecified atom stereocenters. The van der Waals surface area contributed by atoms with Gasteiger partial charge in [0.1, 0.15) is 5.75 Å². The molecular weight excluding hydrogens is 504 g/mol. The van der Waals surface area contributed by atoms with E-state index in [0.717, 1.165) is 56.8 Å². The molecule has 2 saturated heterocycles. The Hall–Kier alpha value is -4.07. The van der Waals surface area contributed by atoms with Gasteiger partial charge in [0.25, 0.3) is 17.4 Å². The lowest BCUT2D eigenvalue weighted by Gasteiger charge is -2.44. The number of piperidine rings is 2. The van der Waals surface area contributed by atoms with Crippen LogP contribution in [0.4, 0.5) is 11.4 Å². The summed E-state index contributed by atoms with van der Waals surface area (Å²) in [6, 6.07) is 18.2. The van der Waals surface area contributed by atoms with Gasteiger partial charge in [-0.3, -0.25) is 14.4 Å². The van der Waals surface area contributed by atoms with Gasteiger partial charge < -0.3 is 24.4 Å². The van der Waals surface area contributed by atoms with Gasteiger partial charge in [0.15, 0.2) is 0 Å². The summed E-state index contributed by atoms with van der Waals surface area (Å²) < 4.78 is 7.16. The highest BCUT2D eigenvalue weighted by atomic mass is 16.5. The van der Waals surface area contributed by atoms with Gasteiger partial charge in [-0.1, -0.05) is 13.0 Å². The van der Waals surface area contributed by atoms with Gasteiger partial charge in [-0.2, -0.15) is 0 Å². The van der Waals surface area contributed by atoms with Crippen LogP contribution in [-0.2, 0) is 6.54 Å². The molecule has 3 aromatic rings. The number of carbonyl (C=O) groups excluding carboxylic acids is 2. The van der Waals surface area contributed by atoms with Crippen LogP contribution < -0.4 is 20.5 Å². The maximum Gasteiger partial charge on any atom is 0.255 e. The maximum atomic E-state index is 13.5. The van der Waals surface area contributed by atoms with Gasteiger partial charge in [0, 0.05) is 61.5 Å². The lowest BCUT2D eigenvalue weighted by atomic mass is 9.83. The summed E-state index contributed by atoms with van der Waals surface area (Å²) in [7, 11) is 1.59. The summed E-state index contributed by atoms with van der Waals surface area (Å²) in [5, 5.41) is 3.12. The van der Waals surface area contributed by atoms with Gasteiger partial charge in [-0.05, 0) is 79.6 Å². The van der Waals surface area contributed by atoms with Gasteiger partial charge >= 0.3 is 0 Å². The Bertz CT molecular complexity index is 1480. The number of hydrogen-bond acceptors (Lipinski definition) is 5. The number of aromatic nitrogens is 1. The molecule has 2 amide bonds. The Morgan fingerprint density at radius 3 is 2.52 bits per heavy atom. The molecule has 2 fully saturated rings. The van der Waals surface area contributed by atoms with Crippen molar-refractivity contribution in [2.24, 2.45) is 11.8 Å². The fourth-order valence-corrected chi connectivity index (χ4v) is 6.63. The number of hydrogen-bond donors (Lipinski definition) is 1. The van der Waals surface area contributed by atoms with Crippen LogP contribution in [0.1, 0.15) is 58.5 Å². The van der Waals surface area contributed by atoms with Gasteiger partial charge in [-0.25, -0.2) is 0 Å². The molecule has 0 saturated carbocycles. The van der Waals surface area contributed by atoms with E-state index in [1.807, 2.05) is 33.7 Å². The summed E-state index contributed by atoms with van der Waals surface area (Å²) in [6.45, 7) is 5.90. The molecule has 8 nitrogen and oxygen atoms in total. The summed E-state index contributed by atoms with van der Waals surface area (Å²) in [5.74, 6) is 1.47. The Labute approximate surface area is 234 Å². The van der Waals surface area contributed by atoms with Crippen LogP contribution in [-0.4, -0.2) is 54.6 Å². The average Bonchev–Trinajstić information content (AvgIpc) is 2.97. The first-order valence-electron chi connectivity index (χ1n) is 14.2. The quantitative estimate of drug-likeness (QED) is 0.511. The molecule has 3 aliphatic heterocycles. The van der Waals surface area contributed by atoms with Crippen molar-refractivity contribution >= 4 is 23.2 Å². The van der Waals surface area contributed by atoms with Crippen LogP contribution in [0.5, 0.6) is 5.75 Å². The first kappa shape index (κ1) is 26.2. The fourth-order valence-electron chi connectivity index (χ4n) is 6.63. The second-order valence-corrected chi connectivity index (χ2v) is 11.5. The second-order valence-electron chi connectivity index (χ2n) is 11.5. The van der Waals surface area contributed by atoms with E-state index >= 15 is 0 Å². The number of ether oxygens (including phenoxy) is 1. The summed E-state index contributed by atoms with van der Waals surface area (Å²) >= 11 is 0. The number of fused-ring (bicyclic) bond motifs is 4. The number of amides is 2. The minimum absolute atomic E-state index is 0.00172. The first-order chi connectivity index (χ1) is 19.4. The number of nitrogens with one attached hydrogen (secondary N) is 1. The largest absolute Gasteiger partial charge is 0.497 e. The van der Waals surface area contributed by atoms with E-state index in [9.17, 15) is 14.4 Å². The SMILES string of the molecule is COc1ccc(C(=O)Nc2cc(C(=O)N3CCC[C@H](C)C3)ccc2N2C[C@H]3C[C@@H](C2)c2cccc(=O)n2C3)cc1. The van der Waals surface area contributed by atoms with Crippen LogP contribution in [0.25, 0.3) is 0 Å². The molecule has 2 bridgehead atoms. The van der Waals surface area contributed by atoms with Gasteiger partial charge in [0.05, 0.1) is 18.5 Å². The van der Waals surface area contributed by atoms with E-state index in [1.165, 1.54) is 0 Å². The van der Waals surface area contributed by atoms with Crippen molar-refractivity contribution in [1.82, 2.24) is 9.47 Å². The fraction of sp³-hybridized carbons (Fsp3) is 0.406. The number of anilines is 2. The van der Waals surface area contributed by atoms with E-state index in [4.69, 9.17) is 4.74 Å². The number of carbonyl (C=O) groups is 2. The van der Waals surface area contributed by atoms with Gasteiger partial charge in [0.2, 0.25) is 0 Å². The molecule has 3 atom stereocenters. The van der Waals surface area contributed by atoms with Crippen LogP contribution in [0.3, 0.4) is 0 Å². The molecule has 1 aromatic heterocycles. The lowest BCUT2D eigenvalue weighted by Crippen LogP contribution is -2.47. The number of benzene rings is 2. The molecule has 208 valence electrons.